The molecule has 3 aromatic rings. The minimum absolute atomic E-state index is 0.129. The maximum atomic E-state index is 14.4. The average molecular weight is 395 g/mol. The first-order valence-corrected chi connectivity index (χ1v) is 9.28. The van der Waals surface area contributed by atoms with Crippen molar-refractivity contribution >= 4 is 11.7 Å². The van der Waals surface area contributed by atoms with Crippen LogP contribution in [0.1, 0.15) is 34.5 Å². The Labute approximate surface area is 166 Å². The molecule has 4 rings (SSSR count). The van der Waals surface area contributed by atoms with Crippen LogP contribution in [-0.2, 0) is 0 Å². The third kappa shape index (κ3) is 4.08. The smallest absolute Gasteiger partial charge is 0.258 e. The maximum Gasteiger partial charge on any atom is 0.258 e. The van der Waals surface area contributed by atoms with E-state index in [2.05, 4.69) is 15.3 Å². The minimum atomic E-state index is -0.555. The number of anilines is 1. The number of amides is 1. The third-order valence-electron chi connectivity index (χ3n) is 4.78. The molecule has 1 aromatic carbocycles. The fraction of sp³-hybridized carbons (Fsp3) is 0.227. The number of aryl methyl sites for hydroxylation is 1. The second kappa shape index (κ2) is 7.58. The van der Waals surface area contributed by atoms with E-state index in [0.717, 1.165) is 19.0 Å². The molecule has 2 aromatic heterocycles. The van der Waals surface area contributed by atoms with Crippen LogP contribution in [0.2, 0.25) is 0 Å². The van der Waals surface area contributed by atoms with Gasteiger partial charge in [-0.05, 0) is 57.0 Å². The van der Waals surface area contributed by atoms with E-state index in [9.17, 15) is 13.6 Å². The fourth-order valence-corrected chi connectivity index (χ4v) is 2.99. The topological polar surface area (TPSA) is 64.1 Å². The van der Waals surface area contributed by atoms with Gasteiger partial charge in [-0.1, -0.05) is 0 Å². The molecule has 2 heterocycles. The lowest BCUT2D eigenvalue weighted by molar-refractivity contribution is 0.102. The van der Waals surface area contributed by atoms with Crippen molar-refractivity contribution in [1.29, 1.82) is 0 Å². The zero-order valence-corrected chi connectivity index (χ0v) is 16.0. The van der Waals surface area contributed by atoms with E-state index in [4.69, 9.17) is 4.74 Å². The Morgan fingerprint density at radius 3 is 2.59 bits per heavy atom. The number of nitrogens with one attached hydrogen (secondary N) is 1. The number of rotatable bonds is 5. The summed E-state index contributed by atoms with van der Waals surface area (Å²) in [6.45, 7) is 3.24. The molecular formula is C22H19F2N3O2. The van der Waals surface area contributed by atoms with Gasteiger partial charge in [0, 0.05) is 28.6 Å². The van der Waals surface area contributed by atoms with Crippen LogP contribution in [0, 0.1) is 25.5 Å². The molecule has 0 aliphatic heterocycles. The highest BCUT2D eigenvalue weighted by atomic mass is 19.1. The number of carbonyl (C=O) groups excluding carboxylic acids is 1. The Bertz CT molecular complexity index is 1100. The van der Waals surface area contributed by atoms with Gasteiger partial charge >= 0.3 is 0 Å². The van der Waals surface area contributed by atoms with Crippen LogP contribution < -0.4 is 10.1 Å². The van der Waals surface area contributed by atoms with Gasteiger partial charge in [0.15, 0.2) is 0 Å². The largest absolute Gasteiger partial charge is 0.490 e. The average Bonchev–Trinajstić information content (AvgIpc) is 3.50. The fourth-order valence-electron chi connectivity index (χ4n) is 2.99. The van der Waals surface area contributed by atoms with Crippen molar-refractivity contribution in [3.63, 3.8) is 0 Å². The second-order valence-corrected chi connectivity index (χ2v) is 7.04. The van der Waals surface area contributed by atoms with Crippen LogP contribution in [0.25, 0.3) is 11.1 Å². The standard InChI is InChI=1S/C22H19F2N3O2/c1-12-18(10-25-11-20(12)24)22(28)27-21-8-6-16(13(2)26-21)17-9-15(5-7-19(17)23)29-14-3-4-14/h5-11,14H,3-4H2,1-2H3,(H,26,27,28). The van der Waals surface area contributed by atoms with Crippen LogP contribution in [0.15, 0.2) is 42.7 Å². The number of nitrogens with zero attached hydrogens (tertiary/aromatic N) is 2. The Hall–Kier alpha value is -3.35. The van der Waals surface area contributed by atoms with Gasteiger partial charge in [0.1, 0.15) is 23.2 Å². The normalized spacial score (nSPS) is 13.2. The quantitative estimate of drug-likeness (QED) is 0.672. The van der Waals surface area contributed by atoms with E-state index in [1.807, 2.05) is 0 Å². The first-order chi connectivity index (χ1) is 13.9. The molecule has 1 aliphatic carbocycles. The lowest BCUT2D eigenvalue weighted by Gasteiger charge is -2.12. The van der Waals surface area contributed by atoms with Crippen molar-refractivity contribution < 1.29 is 18.3 Å². The highest BCUT2D eigenvalue weighted by Gasteiger charge is 2.24. The minimum Gasteiger partial charge on any atom is -0.490 e. The lowest BCUT2D eigenvalue weighted by Crippen LogP contribution is -2.15. The number of aromatic nitrogens is 2. The first-order valence-electron chi connectivity index (χ1n) is 9.28. The van der Waals surface area contributed by atoms with Gasteiger partial charge in [0.2, 0.25) is 0 Å². The molecule has 1 N–H and O–H groups in total. The predicted octanol–water partition coefficient (Wildman–Crippen LogP) is 4.83. The Morgan fingerprint density at radius 2 is 1.86 bits per heavy atom. The number of benzene rings is 1. The van der Waals surface area contributed by atoms with Crippen LogP contribution in [0.5, 0.6) is 5.75 Å². The zero-order chi connectivity index (χ0) is 20.5. The summed E-state index contributed by atoms with van der Waals surface area (Å²) in [6.07, 6.45) is 4.60. The van der Waals surface area contributed by atoms with Gasteiger partial charge in [-0.25, -0.2) is 13.8 Å². The van der Waals surface area contributed by atoms with Crippen LogP contribution in [0.3, 0.4) is 0 Å². The van der Waals surface area contributed by atoms with E-state index < -0.39 is 11.7 Å². The summed E-state index contributed by atoms with van der Waals surface area (Å²) in [5.41, 5.74) is 1.87. The van der Waals surface area contributed by atoms with Gasteiger partial charge in [-0.3, -0.25) is 9.78 Å². The Balaban J connectivity index is 1.58. The molecule has 0 saturated heterocycles. The van der Waals surface area contributed by atoms with E-state index in [1.165, 1.54) is 19.2 Å². The summed E-state index contributed by atoms with van der Waals surface area (Å²) in [5, 5.41) is 2.63. The first kappa shape index (κ1) is 19.0. The molecule has 0 spiro atoms. The summed E-state index contributed by atoms with van der Waals surface area (Å²) in [5.74, 6) is -0.544. The van der Waals surface area contributed by atoms with Crippen molar-refractivity contribution in [2.75, 3.05) is 5.32 Å². The van der Waals surface area contributed by atoms with Gasteiger partial charge in [0.05, 0.1) is 17.9 Å². The predicted molar refractivity (Wildman–Crippen MR) is 105 cm³/mol. The van der Waals surface area contributed by atoms with E-state index in [-0.39, 0.29) is 28.9 Å². The van der Waals surface area contributed by atoms with Crippen molar-refractivity contribution in [3.8, 4) is 16.9 Å². The van der Waals surface area contributed by atoms with Gasteiger partial charge in [-0.15, -0.1) is 0 Å². The van der Waals surface area contributed by atoms with E-state index >= 15 is 0 Å². The Morgan fingerprint density at radius 1 is 1.07 bits per heavy atom. The molecule has 0 unspecified atom stereocenters. The molecule has 7 heteroatoms. The zero-order valence-electron chi connectivity index (χ0n) is 16.0. The summed E-state index contributed by atoms with van der Waals surface area (Å²) >= 11 is 0. The van der Waals surface area contributed by atoms with E-state index in [0.29, 0.717) is 22.6 Å². The summed E-state index contributed by atoms with van der Waals surface area (Å²) in [6, 6.07) is 7.92. The summed E-state index contributed by atoms with van der Waals surface area (Å²) in [7, 11) is 0. The van der Waals surface area contributed by atoms with Crippen molar-refractivity contribution in [2.45, 2.75) is 32.8 Å². The SMILES string of the molecule is Cc1nc(NC(=O)c2cncc(F)c2C)ccc1-c1cc(OC2CC2)ccc1F. The molecule has 0 atom stereocenters. The van der Waals surface area contributed by atoms with Gasteiger partial charge < -0.3 is 10.1 Å². The van der Waals surface area contributed by atoms with Gasteiger partial charge in [-0.2, -0.15) is 0 Å². The number of hydrogen-bond acceptors (Lipinski definition) is 4. The van der Waals surface area contributed by atoms with Crippen molar-refractivity contribution in [3.05, 3.63) is 71.2 Å². The highest BCUT2D eigenvalue weighted by Crippen LogP contribution is 2.33. The van der Waals surface area contributed by atoms with E-state index in [1.54, 1.807) is 31.2 Å². The lowest BCUT2D eigenvalue weighted by atomic mass is 10.0. The van der Waals surface area contributed by atoms with Crippen molar-refractivity contribution in [1.82, 2.24) is 9.97 Å². The molecule has 148 valence electrons. The molecule has 29 heavy (non-hydrogen) atoms. The highest BCUT2D eigenvalue weighted by molar-refractivity contribution is 6.04. The van der Waals surface area contributed by atoms with Crippen LogP contribution >= 0.6 is 0 Å². The molecule has 0 radical (unpaired) electrons. The molecule has 0 bridgehead atoms. The molecule has 1 aliphatic rings. The summed E-state index contributed by atoms with van der Waals surface area (Å²) < 4.78 is 33.8. The Kier molecular flexibility index (Phi) is 4.96. The summed E-state index contributed by atoms with van der Waals surface area (Å²) in [4.78, 5) is 20.5. The molecule has 1 amide bonds. The van der Waals surface area contributed by atoms with Crippen LogP contribution in [0.4, 0.5) is 14.6 Å². The number of pyridine rings is 2. The number of carbonyl (C=O) groups is 1. The molecule has 1 fully saturated rings. The number of halogens is 2. The van der Waals surface area contributed by atoms with Crippen LogP contribution in [-0.4, -0.2) is 22.0 Å². The second-order valence-electron chi connectivity index (χ2n) is 7.04. The molecule has 1 saturated carbocycles. The third-order valence-corrected chi connectivity index (χ3v) is 4.78. The molecular weight excluding hydrogens is 376 g/mol. The molecule has 5 nitrogen and oxygen atoms in total. The van der Waals surface area contributed by atoms with Crippen molar-refractivity contribution in [2.24, 2.45) is 0 Å². The number of hydrogen-bond donors (Lipinski definition) is 1. The monoisotopic (exact) mass is 395 g/mol. The number of ether oxygens (including phenoxy) is 1. The van der Waals surface area contributed by atoms with Gasteiger partial charge in [0.25, 0.3) is 5.91 Å². The maximum absolute atomic E-state index is 14.4.